The summed E-state index contributed by atoms with van der Waals surface area (Å²) in [5.41, 5.74) is 0.549. The number of carbonyl (C=O) groups is 2. The molecule has 1 fully saturated rings. The van der Waals surface area contributed by atoms with E-state index in [9.17, 15) is 14.7 Å². The molecule has 170 valence electrons. The number of rotatable bonds is 9. The van der Waals surface area contributed by atoms with Crippen molar-refractivity contribution in [3.05, 3.63) is 11.7 Å². The first-order valence-corrected chi connectivity index (χ1v) is 11.0. The molecule has 2 N–H and O–H groups in total. The van der Waals surface area contributed by atoms with Crippen LogP contribution >= 0.6 is 0 Å². The maximum atomic E-state index is 11.7. The van der Waals surface area contributed by atoms with Gasteiger partial charge in [0.2, 0.25) is 5.89 Å². The van der Waals surface area contributed by atoms with Crippen molar-refractivity contribution >= 4 is 12.0 Å². The summed E-state index contributed by atoms with van der Waals surface area (Å²) in [7, 11) is 3.30. The molecule has 0 aromatic carbocycles. The minimum Gasteiger partial charge on any atom is -0.481 e. The van der Waals surface area contributed by atoms with Gasteiger partial charge in [-0.15, -0.1) is 0 Å². The van der Waals surface area contributed by atoms with Crippen LogP contribution in [0.1, 0.15) is 96.2 Å². The minimum absolute atomic E-state index is 0.0335. The van der Waals surface area contributed by atoms with E-state index in [2.05, 4.69) is 36.2 Å². The summed E-state index contributed by atoms with van der Waals surface area (Å²) in [5, 5.41) is 16.0. The molecule has 1 aliphatic carbocycles. The molecule has 1 aromatic heterocycles. The molecule has 1 atom stereocenters. The van der Waals surface area contributed by atoms with Gasteiger partial charge in [-0.3, -0.25) is 4.79 Å². The third-order valence-electron chi connectivity index (χ3n) is 6.67. The highest BCUT2D eigenvalue weighted by atomic mass is 16.5. The fraction of sp³-hybridized carbons (Fsp3) is 0.818. The van der Waals surface area contributed by atoms with Gasteiger partial charge >= 0.3 is 12.0 Å². The molecule has 2 rings (SSSR count). The van der Waals surface area contributed by atoms with Gasteiger partial charge in [0.15, 0.2) is 5.82 Å². The lowest BCUT2D eigenvalue weighted by Crippen LogP contribution is -2.37. The Bertz CT molecular complexity index is 702. The average molecular weight is 423 g/mol. The Labute approximate surface area is 179 Å². The van der Waals surface area contributed by atoms with Gasteiger partial charge in [-0.25, -0.2) is 4.79 Å². The molecule has 1 heterocycles. The largest absolute Gasteiger partial charge is 0.481 e. The third-order valence-corrected chi connectivity index (χ3v) is 6.67. The number of carboxylic acids is 1. The number of nitrogens with zero attached hydrogens (tertiary/aromatic N) is 3. The maximum Gasteiger partial charge on any atom is 0.317 e. The number of aliphatic carboxylic acids is 1. The predicted octanol–water partition coefficient (Wildman–Crippen LogP) is 4.57. The summed E-state index contributed by atoms with van der Waals surface area (Å²) in [4.78, 5) is 28.8. The van der Waals surface area contributed by atoms with Gasteiger partial charge in [-0.05, 0) is 36.5 Å². The van der Waals surface area contributed by atoms with Gasteiger partial charge in [0.25, 0.3) is 0 Å². The lowest BCUT2D eigenvalue weighted by molar-refractivity contribution is -0.137. The van der Waals surface area contributed by atoms with E-state index in [0.29, 0.717) is 23.6 Å². The Kier molecular flexibility index (Phi) is 8.26. The van der Waals surface area contributed by atoms with Crippen LogP contribution in [0, 0.1) is 10.8 Å². The maximum absolute atomic E-state index is 11.7. The van der Waals surface area contributed by atoms with Crippen LogP contribution in [-0.2, 0) is 11.3 Å². The van der Waals surface area contributed by atoms with Gasteiger partial charge in [-0.2, -0.15) is 4.98 Å². The summed E-state index contributed by atoms with van der Waals surface area (Å²) < 4.78 is 5.37. The molecular formula is C22H38N4O4. The number of hydrogen-bond donors (Lipinski definition) is 2. The van der Waals surface area contributed by atoms with Gasteiger partial charge < -0.3 is 19.8 Å². The zero-order valence-corrected chi connectivity index (χ0v) is 19.2. The fourth-order valence-corrected chi connectivity index (χ4v) is 4.63. The molecule has 0 saturated heterocycles. The van der Waals surface area contributed by atoms with Crippen LogP contribution in [0.15, 0.2) is 4.52 Å². The first-order valence-electron chi connectivity index (χ1n) is 11.0. The average Bonchev–Trinajstić information content (AvgIpc) is 3.13. The summed E-state index contributed by atoms with van der Waals surface area (Å²) in [6.45, 7) is 7.14. The van der Waals surface area contributed by atoms with Crippen LogP contribution in [0.4, 0.5) is 4.79 Å². The highest BCUT2D eigenvalue weighted by Gasteiger charge is 2.41. The minimum atomic E-state index is -0.871. The molecular weight excluding hydrogens is 384 g/mol. The number of carboxylic acid groups (broad SMARTS) is 1. The highest BCUT2D eigenvalue weighted by molar-refractivity contribution is 5.73. The van der Waals surface area contributed by atoms with Crippen LogP contribution in [0.2, 0.25) is 0 Å². The standard InChI is InChI=1S/C22H38N4O4/c1-21(2,3)22(11-7-6-8-12-22)13-9-10-16(14-18(27)28)19-24-17(25-30-19)15-23-20(29)26(4)5/h16H,6-15H2,1-5H3,(H,23,29)(H,27,28)/t16-/m1/s1. The summed E-state index contributed by atoms with van der Waals surface area (Å²) in [6.07, 6.45) is 9.06. The monoisotopic (exact) mass is 422 g/mol. The van der Waals surface area contributed by atoms with E-state index in [4.69, 9.17) is 4.52 Å². The molecule has 8 heteroatoms. The van der Waals surface area contributed by atoms with Crippen LogP contribution in [0.5, 0.6) is 0 Å². The van der Waals surface area contributed by atoms with E-state index in [1.165, 1.54) is 37.0 Å². The van der Waals surface area contributed by atoms with Gasteiger partial charge in [0, 0.05) is 20.0 Å². The number of nitrogens with one attached hydrogen (secondary N) is 1. The number of amides is 2. The molecule has 8 nitrogen and oxygen atoms in total. The zero-order chi connectivity index (χ0) is 22.4. The second-order valence-corrected chi connectivity index (χ2v) is 9.88. The van der Waals surface area contributed by atoms with Crippen LogP contribution < -0.4 is 5.32 Å². The quantitative estimate of drug-likeness (QED) is 0.603. The van der Waals surface area contributed by atoms with E-state index >= 15 is 0 Å². The molecule has 0 spiro atoms. The SMILES string of the molecule is CN(C)C(=O)NCc1noc([C@H](CCCC2(C(C)(C)C)CCCCC2)CC(=O)O)n1. The lowest BCUT2D eigenvalue weighted by atomic mass is 9.57. The topological polar surface area (TPSA) is 109 Å². The van der Waals surface area contributed by atoms with Gasteiger partial charge in [-0.1, -0.05) is 51.6 Å². The van der Waals surface area contributed by atoms with E-state index < -0.39 is 5.97 Å². The smallest absolute Gasteiger partial charge is 0.317 e. The van der Waals surface area contributed by atoms with Gasteiger partial charge in [0.1, 0.15) is 0 Å². The van der Waals surface area contributed by atoms with Crippen molar-refractivity contribution in [3.8, 4) is 0 Å². The summed E-state index contributed by atoms with van der Waals surface area (Å²) >= 11 is 0. The first kappa shape index (κ1) is 24.2. The van der Waals surface area contributed by atoms with E-state index in [-0.39, 0.29) is 30.3 Å². The van der Waals surface area contributed by atoms with Crippen LogP contribution in [-0.4, -0.2) is 46.2 Å². The molecule has 1 aromatic rings. The van der Waals surface area contributed by atoms with Crippen molar-refractivity contribution in [3.63, 3.8) is 0 Å². The Hall–Kier alpha value is -2.12. The molecule has 0 unspecified atom stereocenters. The van der Waals surface area contributed by atoms with Crippen molar-refractivity contribution < 1.29 is 19.2 Å². The van der Waals surface area contributed by atoms with Crippen molar-refractivity contribution in [2.75, 3.05) is 14.1 Å². The molecule has 1 saturated carbocycles. The Morgan fingerprint density at radius 1 is 1.23 bits per heavy atom. The molecule has 0 aliphatic heterocycles. The zero-order valence-electron chi connectivity index (χ0n) is 19.2. The number of aromatic nitrogens is 2. The lowest BCUT2D eigenvalue weighted by Gasteiger charge is -2.48. The molecule has 1 aliphatic rings. The first-order chi connectivity index (χ1) is 14.0. The van der Waals surface area contributed by atoms with Gasteiger partial charge in [0.05, 0.1) is 13.0 Å². The second kappa shape index (κ2) is 10.3. The van der Waals surface area contributed by atoms with Crippen molar-refractivity contribution in [2.24, 2.45) is 10.8 Å². The predicted molar refractivity (Wildman–Crippen MR) is 114 cm³/mol. The second-order valence-electron chi connectivity index (χ2n) is 9.88. The van der Waals surface area contributed by atoms with E-state index in [1.54, 1.807) is 14.1 Å². The summed E-state index contributed by atoms with van der Waals surface area (Å²) in [6, 6.07) is -0.247. The van der Waals surface area contributed by atoms with Crippen molar-refractivity contribution in [2.45, 2.75) is 91.0 Å². The molecule has 0 bridgehead atoms. The van der Waals surface area contributed by atoms with Crippen molar-refractivity contribution in [1.82, 2.24) is 20.4 Å². The van der Waals surface area contributed by atoms with E-state index in [0.717, 1.165) is 12.8 Å². The normalized spacial score (nSPS) is 17.4. The van der Waals surface area contributed by atoms with E-state index in [1.807, 2.05) is 0 Å². The summed E-state index contributed by atoms with van der Waals surface area (Å²) in [5.74, 6) is -0.480. The van der Waals surface area contributed by atoms with Crippen LogP contribution in [0.25, 0.3) is 0 Å². The fourth-order valence-electron chi connectivity index (χ4n) is 4.63. The molecule has 0 radical (unpaired) electrons. The molecule has 2 amide bonds. The number of hydrogen-bond acceptors (Lipinski definition) is 5. The number of urea groups is 1. The Morgan fingerprint density at radius 2 is 1.90 bits per heavy atom. The third kappa shape index (κ3) is 6.44. The van der Waals surface area contributed by atoms with Crippen molar-refractivity contribution in [1.29, 1.82) is 0 Å². The molecule has 30 heavy (non-hydrogen) atoms. The highest BCUT2D eigenvalue weighted by Crippen LogP contribution is 2.53. The van der Waals surface area contributed by atoms with Crippen LogP contribution in [0.3, 0.4) is 0 Å². The number of carbonyl (C=O) groups excluding carboxylic acids is 1. The Morgan fingerprint density at radius 3 is 2.47 bits per heavy atom. The Balaban J connectivity index is 2.00.